The van der Waals surface area contributed by atoms with Crippen molar-refractivity contribution in [3.05, 3.63) is 82.0 Å². The largest absolute Gasteiger partial charge is 0.505 e. The Balaban J connectivity index is 1.93. The summed E-state index contributed by atoms with van der Waals surface area (Å²) < 4.78 is 15.8. The minimum Gasteiger partial charge on any atom is -0.505 e. The summed E-state index contributed by atoms with van der Waals surface area (Å²) in [6.07, 6.45) is 0.804. The van der Waals surface area contributed by atoms with Crippen molar-refractivity contribution < 1.29 is 24.2 Å². The Bertz CT molecular complexity index is 1220. The van der Waals surface area contributed by atoms with Crippen LogP contribution in [0.25, 0.3) is 11.1 Å². The molecule has 1 aromatic heterocycles. The normalized spacial score (nSPS) is 11.6. The zero-order valence-electron chi connectivity index (χ0n) is 17.4. The van der Waals surface area contributed by atoms with Crippen molar-refractivity contribution in [2.75, 3.05) is 5.32 Å². The Morgan fingerprint density at radius 3 is 2.47 bits per heavy atom. The molecule has 8 nitrogen and oxygen atoms in total. The number of hydrogen-bond acceptors (Lipinski definition) is 4. The maximum atomic E-state index is 14.6. The number of anilines is 1. The van der Waals surface area contributed by atoms with E-state index in [9.17, 15) is 29.0 Å². The Kier molecular flexibility index (Phi) is 6.58. The molecule has 1 unspecified atom stereocenters. The van der Waals surface area contributed by atoms with Crippen LogP contribution in [0.1, 0.15) is 23.6 Å². The molecule has 0 saturated heterocycles. The topological polar surface area (TPSA) is 121 Å². The molecule has 0 spiro atoms. The second-order valence-corrected chi connectivity index (χ2v) is 7.30. The SMILES string of the molecule is Cc1cn(C)c(=O)c(NC(=O)NC(CC(=O)O)c2cc(-c3ccccc3)ccc2F)c1O. The van der Waals surface area contributed by atoms with Gasteiger partial charge in [0.2, 0.25) is 0 Å². The number of rotatable bonds is 6. The summed E-state index contributed by atoms with van der Waals surface area (Å²) in [7, 11) is 1.45. The lowest BCUT2D eigenvalue weighted by molar-refractivity contribution is -0.137. The number of carboxylic acids is 1. The van der Waals surface area contributed by atoms with Gasteiger partial charge < -0.3 is 25.4 Å². The van der Waals surface area contributed by atoms with Crippen LogP contribution in [0.15, 0.2) is 59.5 Å². The highest BCUT2D eigenvalue weighted by Gasteiger charge is 2.23. The van der Waals surface area contributed by atoms with Crippen LogP contribution in [0.5, 0.6) is 5.75 Å². The van der Waals surface area contributed by atoms with Crippen LogP contribution in [-0.4, -0.2) is 26.8 Å². The van der Waals surface area contributed by atoms with Crippen LogP contribution >= 0.6 is 0 Å². The fourth-order valence-corrected chi connectivity index (χ4v) is 3.34. The predicted molar refractivity (Wildman–Crippen MR) is 117 cm³/mol. The van der Waals surface area contributed by atoms with E-state index >= 15 is 0 Å². The number of benzene rings is 2. The van der Waals surface area contributed by atoms with Gasteiger partial charge in [0.15, 0.2) is 5.69 Å². The number of aromatic nitrogens is 1. The van der Waals surface area contributed by atoms with E-state index in [1.165, 1.54) is 29.9 Å². The van der Waals surface area contributed by atoms with Crippen molar-refractivity contribution in [2.24, 2.45) is 7.05 Å². The van der Waals surface area contributed by atoms with E-state index in [2.05, 4.69) is 10.6 Å². The van der Waals surface area contributed by atoms with Crippen molar-refractivity contribution in [1.29, 1.82) is 0 Å². The van der Waals surface area contributed by atoms with Gasteiger partial charge in [-0.15, -0.1) is 0 Å². The molecule has 2 amide bonds. The molecular weight excluding hydrogens is 417 g/mol. The first kappa shape index (κ1) is 22.5. The second kappa shape index (κ2) is 9.34. The third kappa shape index (κ3) is 4.94. The Labute approximate surface area is 183 Å². The van der Waals surface area contributed by atoms with Crippen LogP contribution in [0.4, 0.5) is 14.9 Å². The van der Waals surface area contributed by atoms with Crippen molar-refractivity contribution in [3.63, 3.8) is 0 Å². The number of carboxylic acid groups (broad SMARTS) is 1. The number of amides is 2. The van der Waals surface area contributed by atoms with Crippen LogP contribution in [0.2, 0.25) is 0 Å². The summed E-state index contributed by atoms with van der Waals surface area (Å²) in [6, 6.07) is 11.1. The van der Waals surface area contributed by atoms with E-state index < -0.39 is 41.6 Å². The maximum absolute atomic E-state index is 14.6. The number of carbonyl (C=O) groups is 2. The lowest BCUT2D eigenvalue weighted by Gasteiger charge is -2.20. The Morgan fingerprint density at radius 1 is 1.12 bits per heavy atom. The molecule has 0 aliphatic heterocycles. The lowest BCUT2D eigenvalue weighted by atomic mass is 9.97. The molecule has 0 saturated carbocycles. The molecule has 9 heteroatoms. The quantitative estimate of drug-likeness (QED) is 0.468. The van der Waals surface area contributed by atoms with Crippen LogP contribution in [0.3, 0.4) is 0 Å². The first-order valence-electron chi connectivity index (χ1n) is 9.70. The molecule has 0 radical (unpaired) electrons. The number of nitrogens with zero attached hydrogens (tertiary/aromatic N) is 1. The predicted octanol–water partition coefficient (Wildman–Crippen LogP) is 3.54. The highest BCUT2D eigenvalue weighted by atomic mass is 19.1. The number of carbonyl (C=O) groups excluding carboxylic acids is 1. The monoisotopic (exact) mass is 439 g/mol. The van der Waals surface area contributed by atoms with E-state index in [-0.39, 0.29) is 11.3 Å². The van der Waals surface area contributed by atoms with E-state index in [1.807, 2.05) is 30.3 Å². The summed E-state index contributed by atoms with van der Waals surface area (Å²) in [4.78, 5) is 36.2. The summed E-state index contributed by atoms with van der Waals surface area (Å²) in [5, 5.41) is 24.1. The zero-order chi connectivity index (χ0) is 23.4. The zero-order valence-corrected chi connectivity index (χ0v) is 17.4. The Hall–Kier alpha value is -4.14. The van der Waals surface area contributed by atoms with E-state index in [1.54, 1.807) is 13.0 Å². The van der Waals surface area contributed by atoms with Gasteiger partial charge in [-0.25, -0.2) is 9.18 Å². The number of aryl methyl sites for hydroxylation is 2. The first-order valence-corrected chi connectivity index (χ1v) is 9.70. The van der Waals surface area contributed by atoms with Crippen LogP contribution in [0, 0.1) is 12.7 Å². The minimum atomic E-state index is -1.26. The summed E-state index contributed by atoms with van der Waals surface area (Å²) in [5.41, 5.74) is 0.745. The van der Waals surface area contributed by atoms with Crippen molar-refractivity contribution in [3.8, 4) is 16.9 Å². The van der Waals surface area contributed by atoms with E-state index in [0.29, 0.717) is 11.1 Å². The molecule has 1 atom stereocenters. The molecule has 0 bridgehead atoms. The molecule has 3 rings (SSSR count). The van der Waals surface area contributed by atoms with Gasteiger partial charge in [0, 0.05) is 24.4 Å². The van der Waals surface area contributed by atoms with Gasteiger partial charge in [-0.3, -0.25) is 9.59 Å². The molecule has 0 fully saturated rings. The van der Waals surface area contributed by atoms with E-state index in [4.69, 9.17) is 0 Å². The molecule has 166 valence electrons. The number of halogens is 1. The minimum absolute atomic E-state index is 0.0229. The fraction of sp³-hybridized carbons (Fsp3) is 0.174. The third-order valence-electron chi connectivity index (χ3n) is 4.93. The molecule has 0 aliphatic rings. The summed E-state index contributed by atoms with van der Waals surface area (Å²) >= 11 is 0. The van der Waals surface area contributed by atoms with Gasteiger partial charge in [-0.2, -0.15) is 0 Å². The number of nitrogens with one attached hydrogen (secondary N) is 2. The highest BCUT2D eigenvalue weighted by molar-refractivity contribution is 5.91. The number of urea groups is 1. The van der Waals surface area contributed by atoms with Gasteiger partial charge in [-0.05, 0) is 30.2 Å². The first-order chi connectivity index (χ1) is 15.2. The number of hydrogen-bond donors (Lipinski definition) is 4. The van der Waals surface area contributed by atoms with Gasteiger partial charge in [-0.1, -0.05) is 36.4 Å². The van der Waals surface area contributed by atoms with Crippen molar-refractivity contribution in [2.45, 2.75) is 19.4 Å². The van der Waals surface area contributed by atoms with Crippen molar-refractivity contribution >= 4 is 17.7 Å². The number of aromatic hydroxyl groups is 1. The lowest BCUT2D eigenvalue weighted by Crippen LogP contribution is -2.36. The number of pyridine rings is 1. The van der Waals surface area contributed by atoms with Gasteiger partial charge >= 0.3 is 12.0 Å². The van der Waals surface area contributed by atoms with Gasteiger partial charge in [0.05, 0.1) is 12.5 Å². The average molecular weight is 439 g/mol. The highest BCUT2D eigenvalue weighted by Crippen LogP contribution is 2.28. The Morgan fingerprint density at radius 2 is 1.81 bits per heavy atom. The summed E-state index contributed by atoms with van der Waals surface area (Å²) in [5.74, 6) is -2.35. The molecule has 2 aromatic carbocycles. The number of aliphatic carboxylic acids is 1. The standard InChI is InChI=1S/C23H22FN3O5/c1-13-12-27(2)22(31)20(21(13)30)26-23(32)25-18(11-19(28)29)16-10-15(8-9-17(16)24)14-6-4-3-5-7-14/h3-10,12,18,30H,11H2,1-2H3,(H,28,29)(H2,25,26,32). The van der Waals surface area contributed by atoms with Crippen LogP contribution < -0.4 is 16.2 Å². The van der Waals surface area contributed by atoms with Crippen molar-refractivity contribution in [1.82, 2.24) is 9.88 Å². The van der Waals surface area contributed by atoms with Gasteiger partial charge in [0.25, 0.3) is 5.56 Å². The second-order valence-electron chi connectivity index (χ2n) is 7.30. The molecule has 1 heterocycles. The average Bonchev–Trinajstić information content (AvgIpc) is 2.75. The molecule has 4 N–H and O–H groups in total. The van der Waals surface area contributed by atoms with E-state index in [0.717, 1.165) is 5.56 Å². The fourth-order valence-electron chi connectivity index (χ4n) is 3.34. The van der Waals surface area contributed by atoms with Crippen LogP contribution in [-0.2, 0) is 11.8 Å². The molecule has 3 aromatic rings. The smallest absolute Gasteiger partial charge is 0.319 e. The van der Waals surface area contributed by atoms with Gasteiger partial charge in [0.1, 0.15) is 11.6 Å². The summed E-state index contributed by atoms with van der Waals surface area (Å²) in [6.45, 7) is 1.55. The molecular formula is C23H22FN3O5. The molecule has 32 heavy (non-hydrogen) atoms. The molecule has 0 aliphatic carbocycles. The maximum Gasteiger partial charge on any atom is 0.319 e. The third-order valence-corrected chi connectivity index (χ3v) is 4.93.